The fraction of sp³-hybridized carbons (Fsp3) is 0.615. The molecule has 0 saturated carbocycles. The van der Waals surface area contributed by atoms with Gasteiger partial charge in [-0.05, 0) is 13.3 Å². The topological polar surface area (TPSA) is 222 Å². The van der Waals surface area contributed by atoms with Crippen molar-refractivity contribution in [3.63, 3.8) is 0 Å². The first-order chi connectivity index (χ1) is 11.9. The van der Waals surface area contributed by atoms with Crippen LogP contribution in [0.3, 0.4) is 0 Å². The van der Waals surface area contributed by atoms with Gasteiger partial charge < -0.3 is 37.4 Å². The second-order valence-electron chi connectivity index (χ2n) is 5.02. The Morgan fingerprint density at radius 2 is 1.54 bits per heavy atom. The lowest BCUT2D eigenvalue weighted by molar-refractivity contribution is -0.139. The lowest BCUT2D eigenvalue weighted by Crippen LogP contribution is -2.49. The highest BCUT2D eigenvalue weighted by Crippen LogP contribution is 1.97. The SMILES string of the molecule is C[C@H](N)C(=O)O.N[C@@H](CCC(=O)N[C@@H](CS)C(=O)NCC(=O)O)C(=O)O. The fourth-order valence-electron chi connectivity index (χ4n) is 1.16. The van der Waals surface area contributed by atoms with Crippen molar-refractivity contribution < 1.29 is 39.3 Å². The van der Waals surface area contributed by atoms with Crippen LogP contribution in [0.15, 0.2) is 0 Å². The molecule has 13 heteroatoms. The summed E-state index contributed by atoms with van der Waals surface area (Å²) in [6.07, 6.45) is -0.235. The van der Waals surface area contributed by atoms with Crippen LogP contribution in [-0.4, -0.2) is 75.5 Å². The van der Waals surface area contributed by atoms with Gasteiger partial charge in [-0.3, -0.25) is 24.0 Å². The zero-order valence-electron chi connectivity index (χ0n) is 14.0. The van der Waals surface area contributed by atoms with Crippen molar-refractivity contribution in [3.8, 4) is 0 Å². The second kappa shape index (κ2) is 13.9. The van der Waals surface area contributed by atoms with E-state index in [1.165, 1.54) is 6.92 Å². The van der Waals surface area contributed by atoms with Crippen LogP contribution in [0.25, 0.3) is 0 Å². The van der Waals surface area contributed by atoms with E-state index in [1.54, 1.807) is 0 Å². The Hall–Kier alpha value is -2.38. The molecule has 0 bridgehead atoms. The van der Waals surface area contributed by atoms with Gasteiger partial charge in [-0.15, -0.1) is 0 Å². The number of carboxylic acids is 3. The Morgan fingerprint density at radius 1 is 1.04 bits per heavy atom. The number of amides is 2. The quantitative estimate of drug-likeness (QED) is 0.177. The maximum absolute atomic E-state index is 11.5. The Balaban J connectivity index is 0. The molecule has 0 heterocycles. The molecule has 3 atom stereocenters. The number of carbonyl (C=O) groups is 5. The van der Waals surface area contributed by atoms with E-state index in [0.717, 1.165) is 0 Å². The molecular formula is C13H24N4O8S. The summed E-state index contributed by atoms with van der Waals surface area (Å²) in [6, 6.07) is -2.88. The molecule has 0 aliphatic carbocycles. The predicted octanol–water partition coefficient (Wildman–Crippen LogP) is -2.79. The third-order valence-corrected chi connectivity index (χ3v) is 3.00. The molecule has 0 aliphatic rings. The molecular weight excluding hydrogens is 372 g/mol. The number of nitrogens with two attached hydrogens (primary N) is 2. The first kappa shape index (κ1) is 25.9. The van der Waals surface area contributed by atoms with E-state index in [4.69, 9.17) is 26.8 Å². The summed E-state index contributed by atoms with van der Waals surface area (Å²) in [5.41, 5.74) is 10.1. The lowest BCUT2D eigenvalue weighted by Gasteiger charge is -2.16. The van der Waals surface area contributed by atoms with Crippen molar-refractivity contribution in [1.29, 1.82) is 0 Å². The van der Waals surface area contributed by atoms with Crippen molar-refractivity contribution in [1.82, 2.24) is 10.6 Å². The average Bonchev–Trinajstić information content (AvgIpc) is 2.55. The number of carboxylic acid groups (broad SMARTS) is 3. The summed E-state index contributed by atoms with van der Waals surface area (Å²) in [5, 5.41) is 29.2. The van der Waals surface area contributed by atoms with Crippen molar-refractivity contribution in [2.45, 2.75) is 37.9 Å². The van der Waals surface area contributed by atoms with Gasteiger partial charge in [-0.1, -0.05) is 0 Å². The van der Waals surface area contributed by atoms with E-state index in [9.17, 15) is 24.0 Å². The van der Waals surface area contributed by atoms with Crippen LogP contribution < -0.4 is 22.1 Å². The standard InChI is InChI=1S/C10H17N3O6S.C3H7NO2/c11-5(10(18)19)1-2-7(14)13-6(4-20)9(17)12-3-8(15)16;1-2(4)3(5)6/h5-6,20H,1-4,11H2,(H,12,17)(H,13,14)(H,15,16)(H,18,19);2H,4H2,1H3,(H,5,6)/t5-,6-;2-/m00/s1. The number of thiol groups is 1. The molecule has 0 unspecified atom stereocenters. The van der Waals surface area contributed by atoms with Crippen LogP contribution >= 0.6 is 12.6 Å². The molecule has 9 N–H and O–H groups in total. The zero-order chi connectivity index (χ0) is 20.9. The predicted molar refractivity (Wildman–Crippen MR) is 92.6 cm³/mol. The van der Waals surface area contributed by atoms with Crippen LogP contribution in [-0.2, 0) is 24.0 Å². The molecule has 0 aromatic carbocycles. The Morgan fingerprint density at radius 3 is 1.88 bits per heavy atom. The van der Waals surface area contributed by atoms with Gasteiger partial charge >= 0.3 is 17.9 Å². The summed E-state index contributed by atoms with van der Waals surface area (Å²) < 4.78 is 0. The van der Waals surface area contributed by atoms with Gasteiger partial charge in [-0.2, -0.15) is 12.6 Å². The van der Waals surface area contributed by atoms with E-state index in [1.807, 2.05) is 0 Å². The highest BCUT2D eigenvalue weighted by molar-refractivity contribution is 7.80. The molecule has 0 aromatic heterocycles. The molecule has 0 rings (SSSR count). The normalized spacial score (nSPS) is 13.2. The van der Waals surface area contributed by atoms with Gasteiger partial charge in [0.1, 0.15) is 24.7 Å². The third-order valence-electron chi connectivity index (χ3n) is 2.64. The van der Waals surface area contributed by atoms with Crippen molar-refractivity contribution in [2.75, 3.05) is 12.3 Å². The Bertz CT molecular complexity index is 514. The van der Waals surface area contributed by atoms with E-state index >= 15 is 0 Å². The van der Waals surface area contributed by atoms with Gasteiger partial charge in [0.2, 0.25) is 11.8 Å². The minimum atomic E-state index is -1.22. The number of hydrogen-bond donors (Lipinski definition) is 8. The summed E-state index contributed by atoms with van der Waals surface area (Å²) in [7, 11) is 0. The number of rotatable bonds is 10. The lowest BCUT2D eigenvalue weighted by atomic mass is 10.1. The minimum absolute atomic E-state index is 0.0256. The molecule has 12 nitrogen and oxygen atoms in total. The molecule has 150 valence electrons. The van der Waals surface area contributed by atoms with Crippen LogP contribution in [0.2, 0.25) is 0 Å². The fourth-order valence-corrected chi connectivity index (χ4v) is 1.41. The maximum Gasteiger partial charge on any atom is 0.322 e. The molecule has 0 saturated heterocycles. The zero-order valence-corrected chi connectivity index (χ0v) is 14.9. The number of carbonyl (C=O) groups excluding carboxylic acids is 2. The second-order valence-corrected chi connectivity index (χ2v) is 5.39. The third kappa shape index (κ3) is 14.0. The number of nitrogens with one attached hydrogen (secondary N) is 2. The monoisotopic (exact) mass is 396 g/mol. The van der Waals surface area contributed by atoms with Crippen LogP contribution in [0.5, 0.6) is 0 Å². The smallest absolute Gasteiger partial charge is 0.322 e. The van der Waals surface area contributed by atoms with Gasteiger partial charge in [0, 0.05) is 12.2 Å². The molecule has 0 spiro atoms. The minimum Gasteiger partial charge on any atom is -0.480 e. The van der Waals surface area contributed by atoms with E-state index in [-0.39, 0.29) is 18.6 Å². The largest absolute Gasteiger partial charge is 0.480 e. The van der Waals surface area contributed by atoms with Crippen molar-refractivity contribution in [2.24, 2.45) is 11.5 Å². The summed E-state index contributed by atoms with van der Waals surface area (Å²) >= 11 is 3.87. The number of hydrogen-bond acceptors (Lipinski definition) is 8. The van der Waals surface area contributed by atoms with Crippen LogP contribution in [0, 0.1) is 0 Å². The molecule has 26 heavy (non-hydrogen) atoms. The molecule has 0 aromatic rings. The van der Waals surface area contributed by atoms with Crippen LogP contribution in [0.4, 0.5) is 0 Å². The molecule has 0 fully saturated rings. The van der Waals surface area contributed by atoms with E-state index in [2.05, 4.69) is 23.3 Å². The molecule has 0 radical (unpaired) electrons. The average molecular weight is 396 g/mol. The first-order valence-electron chi connectivity index (χ1n) is 7.28. The van der Waals surface area contributed by atoms with E-state index < -0.39 is 54.4 Å². The number of aliphatic carboxylic acids is 3. The van der Waals surface area contributed by atoms with Gasteiger partial charge in [0.25, 0.3) is 0 Å². The van der Waals surface area contributed by atoms with Gasteiger partial charge in [-0.25, -0.2) is 0 Å². The van der Waals surface area contributed by atoms with E-state index in [0.29, 0.717) is 0 Å². The van der Waals surface area contributed by atoms with Gasteiger partial charge in [0.15, 0.2) is 0 Å². The van der Waals surface area contributed by atoms with Crippen molar-refractivity contribution in [3.05, 3.63) is 0 Å². The maximum atomic E-state index is 11.5. The summed E-state index contributed by atoms with van der Waals surface area (Å²) in [6.45, 7) is 0.852. The molecule has 0 aliphatic heterocycles. The molecule has 2 amide bonds. The van der Waals surface area contributed by atoms with Crippen molar-refractivity contribution >= 4 is 42.4 Å². The Labute approximate surface area is 154 Å². The first-order valence-corrected chi connectivity index (χ1v) is 7.92. The highest BCUT2D eigenvalue weighted by Gasteiger charge is 2.20. The van der Waals surface area contributed by atoms with Gasteiger partial charge in [0.05, 0.1) is 0 Å². The highest BCUT2D eigenvalue weighted by atomic mass is 32.1. The summed E-state index contributed by atoms with van der Waals surface area (Å²) in [4.78, 5) is 53.3. The van der Waals surface area contributed by atoms with Crippen LogP contribution in [0.1, 0.15) is 19.8 Å². The Kier molecular flexibility index (Phi) is 13.8. The summed E-state index contributed by atoms with van der Waals surface area (Å²) in [5.74, 6) is -4.67.